The molecule has 0 aromatic carbocycles. The van der Waals surface area contributed by atoms with Crippen LogP contribution in [0.2, 0.25) is 0 Å². The molecule has 0 spiro atoms. The highest BCUT2D eigenvalue weighted by molar-refractivity contribution is 5.96. The molecule has 0 saturated heterocycles. The van der Waals surface area contributed by atoms with Gasteiger partial charge in [-0.15, -0.1) is 0 Å². The Morgan fingerprint density at radius 2 is 2.09 bits per heavy atom. The van der Waals surface area contributed by atoms with E-state index in [0.29, 0.717) is 11.3 Å². The number of nitrogens with zero attached hydrogens (tertiary/aromatic N) is 1. The first kappa shape index (κ1) is 17.7. The predicted molar refractivity (Wildman–Crippen MR) is 86.7 cm³/mol. The van der Waals surface area contributed by atoms with Crippen LogP contribution in [0.5, 0.6) is 0 Å². The Morgan fingerprint density at radius 1 is 1.43 bits per heavy atom. The van der Waals surface area contributed by atoms with E-state index in [4.69, 9.17) is 9.63 Å². The SMILES string of the molecule is C=C(CO)c1cc(NC(=O)C(C)(C)NC2CCC(O)CC2)on1. The number of hydrogen-bond acceptors (Lipinski definition) is 6. The van der Waals surface area contributed by atoms with E-state index in [0.717, 1.165) is 25.7 Å². The standard InChI is InChI=1S/C16H25N3O4/c1-10(9-20)13-8-14(23-19-13)17-15(22)16(2,3)18-11-4-6-12(21)7-5-11/h8,11-12,18,20-21H,1,4-7,9H2,2-3H3,(H,17,22). The molecule has 2 rings (SSSR count). The van der Waals surface area contributed by atoms with Crippen LogP contribution in [-0.4, -0.2) is 45.6 Å². The summed E-state index contributed by atoms with van der Waals surface area (Å²) in [7, 11) is 0. The highest BCUT2D eigenvalue weighted by atomic mass is 16.5. The smallest absolute Gasteiger partial charge is 0.246 e. The summed E-state index contributed by atoms with van der Waals surface area (Å²) in [4.78, 5) is 12.4. The quantitative estimate of drug-likeness (QED) is 0.628. The number of nitrogens with one attached hydrogen (secondary N) is 2. The van der Waals surface area contributed by atoms with Crippen LogP contribution in [0.4, 0.5) is 5.88 Å². The summed E-state index contributed by atoms with van der Waals surface area (Å²) < 4.78 is 5.04. The third-order valence-corrected chi connectivity index (χ3v) is 4.13. The number of anilines is 1. The lowest BCUT2D eigenvalue weighted by Gasteiger charge is -2.33. The van der Waals surface area contributed by atoms with Gasteiger partial charge < -0.3 is 20.1 Å². The number of carbonyl (C=O) groups is 1. The number of aliphatic hydroxyl groups is 2. The Labute approximate surface area is 135 Å². The summed E-state index contributed by atoms with van der Waals surface area (Å²) in [5.41, 5.74) is 0.0516. The lowest BCUT2D eigenvalue weighted by molar-refractivity contribution is -0.121. The second-order valence-corrected chi connectivity index (χ2v) is 6.57. The van der Waals surface area contributed by atoms with Gasteiger partial charge >= 0.3 is 0 Å². The second-order valence-electron chi connectivity index (χ2n) is 6.57. The summed E-state index contributed by atoms with van der Waals surface area (Å²) in [5.74, 6) is -0.0190. The van der Waals surface area contributed by atoms with E-state index >= 15 is 0 Å². The minimum Gasteiger partial charge on any atom is -0.393 e. The van der Waals surface area contributed by atoms with Crippen LogP contribution in [0.15, 0.2) is 17.2 Å². The first-order chi connectivity index (χ1) is 10.8. The van der Waals surface area contributed by atoms with E-state index < -0.39 is 5.54 Å². The summed E-state index contributed by atoms with van der Waals surface area (Å²) in [5, 5.41) is 28.3. The van der Waals surface area contributed by atoms with Crippen molar-refractivity contribution >= 4 is 17.4 Å². The summed E-state index contributed by atoms with van der Waals surface area (Å²) >= 11 is 0. The van der Waals surface area contributed by atoms with Crippen LogP contribution in [0, 0.1) is 0 Å². The molecular formula is C16H25N3O4. The van der Waals surface area contributed by atoms with E-state index in [9.17, 15) is 9.90 Å². The zero-order valence-corrected chi connectivity index (χ0v) is 13.6. The van der Waals surface area contributed by atoms with Crippen molar-refractivity contribution in [2.24, 2.45) is 0 Å². The van der Waals surface area contributed by atoms with Gasteiger partial charge in [0.2, 0.25) is 11.8 Å². The molecule has 1 aliphatic carbocycles. The van der Waals surface area contributed by atoms with Crippen molar-refractivity contribution in [1.29, 1.82) is 0 Å². The van der Waals surface area contributed by atoms with Crippen molar-refractivity contribution in [3.63, 3.8) is 0 Å². The van der Waals surface area contributed by atoms with Crippen molar-refractivity contribution in [1.82, 2.24) is 10.5 Å². The van der Waals surface area contributed by atoms with Gasteiger partial charge in [-0.05, 0) is 45.1 Å². The number of amides is 1. The van der Waals surface area contributed by atoms with E-state index in [-0.39, 0.29) is 30.5 Å². The molecule has 0 unspecified atom stereocenters. The minimum atomic E-state index is -0.784. The number of aliphatic hydroxyl groups excluding tert-OH is 2. The molecule has 7 heteroatoms. The zero-order valence-electron chi connectivity index (χ0n) is 13.6. The van der Waals surface area contributed by atoms with Gasteiger partial charge in [-0.2, -0.15) is 0 Å². The molecule has 1 aromatic heterocycles. The summed E-state index contributed by atoms with van der Waals surface area (Å²) in [6, 6.07) is 1.74. The molecule has 0 radical (unpaired) electrons. The van der Waals surface area contributed by atoms with Crippen molar-refractivity contribution < 1.29 is 19.5 Å². The predicted octanol–water partition coefficient (Wildman–Crippen LogP) is 1.29. The Morgan fingerprint density at radius 3 is 2.70 bits per heavy atom. The summed E-state index contributed by atoms with van der Waals surface area (Å²) in [6.45, 7) is 7.03. The van der Waals surface area contributed by atoms with Crippen molar-refractivity contribution in [2.45, 2.75) is 57.2 Å². The lowest BCUT2D eigenvalue weighted by atomic mass is 9.90. The van der Waals surface area contributed by atoms with Crippen LogP contribution >= 0.6 is 0 Å². The van der Waals surface area contributed by atoms with E-state index in [1.54, 1.807) is 13.8 Å². The van der Waals surface area contributed by atoms with Crippen LogP contribution in [-0.2, 0) is 4.79 Å². The highest BCUT2D eigenvalue weighted by Crippen LogP contribution is 2.22. The Hall–Kier alpha value is -1.70. The van der Waals surface area contributed by atoms with Gasteiger partial charge in [0.1, 0.15) is 5.69 Å². The largest absolute Gasteiger partial charge is 0.393 e. The molecule has 0 aliphatic heterocycles. The van der Waals surface area contributed by atoms with Gasteiger partial charge in [0.05, 0.1) is 18.2 Å². The van der Waals surface area contributed by atoms with Gasteiger partial charge in [0.15, 0.2) is 0 Å². The van der Waals surface area contributed by atoms with Crippen molar-refractivity contribution in [3.05, 3.63) is 18.3 Å². The maximum Gasteiger partial charge on any atom is 0.246 e. The highest BCUT2D eigenvalue weighted by Gasteiger charge is 2.32. The molecule has 7 nitrogen and oxygen atoms in total. The van der Waals surface area contributed by atoms with Crippen LogP contribution in [0.1, 0.15) is 45.2 Å². The molecule has 1 saturated carbocycles. The fourth-order valence-electron chi connectivity index (χ4n) is 2.65. The molecule has 1 fully saturated rings. The third-order valence-electron chi connectivity index (χ3n) is 4.13. The molecule has 4 N–H and O–H groups in total. The molecule has 128 valence electrons. The molecule has 1 aromatic rings. The van der Waals surface area contributed by atoms with Crippen LogP contribution in [0.3, 0.4) is 0 Å². The average Bonchev–Trinajstić information content (AvgIpc) is 2.97. The topological polar surface area (TPSA) is 108 Å². The molecule has 1 aliphatic rings. The third kappa shape index (κ3) is 4.63. The monoisotopic (exact) mass is 323 g/mol. The first-order valence-electron chi connectivity index (χ1n) is 7.84. The maximum atomic E-state index is 12.4. The number of hydrogen-bond donors (Lipinski definition) is 4. The molecule has 0 atom stereocenters. The fraction of sp³-hybridized carbons (Fsp3) is 0.625. The first-order valence-corrected chi connectivity index (χ1v) is 7.84. The zero-order chi connectivity index (χ0) is 17.0. The number of rotatable bonds is 6. The molecule has 23 heavy (non-hydrogen) atoms. The average molecular weight is 323 g/mol. The second kappa shape index (κ2) is 7.25. The fourth-order valence-corrected chi connectivity index (χ4v) is 2.65. The van der Waals surface area contributed by atoms with E-state index in [1.807, 2.05) is 0 Å². The molecule has 0 bridgehead atoms. The van der Waals surface area contributed by atoms with Gasteiger partial charge in [0.25, 0.3) is 0 Å². The van der Waals surface area contributed by atoms with Crippen LogP contribution in [0.25, 0.3) is 5.57 Å². The molecule has 1 heterocycles. The van der Waals surface area contributed by atoms with Gasteiger partial charge in [0, 0.05) is 12.1 Å². The van der Waals surface area contributed by atoms with Crippen LogP contribution < -0.4 is 10.6 Å². The lowest BCUT2D eigenvalue weighted by Crippen LogP contribution is -2.54. The van der Waals surface area contributed by atoms with Gasteiger partial charge in [-0.25, -0.2) is 0 Å². The Bertz CT molecular complexity index is 559. The molecular weight excluding hydrogens is 298 g/mol. The van der Waals surface area contributed by atoms with E-state index in [1.165, 1.54) is 6.07 Å². The molecule has 1 amide bonds. The van der Waals surface area contributed by atoms with Gasteiger partial charge in [-0.3, -0.25) is 10.1 Å². The Balaban J connectivity index is 1.93. The number of carbonyl (C=O) groups excluding carboxylic acids is 1. The van der Waals surface area contributed by atoms with Gasteiger partial charge in [-0.1, -0.05) is 11.7 Å². The number of aromatic nitrogens is 1. The summed E-state index contributed by atoms with van der Waals surface area (Å²) in [6.07, 6.45) is 2.98. The van der Waals surface area contributed by atoms with E-state index in [2.05, 4.69) is 22.4 Å². The normalized spacial score (nSPS) is 21.9. The van der Waals surface area contributed by atoms with Crippen molar-refractivity contribution in [3.8, 4) is 0 Å². The van der Waals surface area contributed by atoms with Crippen molar-refractivity contribution in [2.75, 3.05) is 11.9 Å². The Kier molecular flexibility index (Phi) is 5.56. The minimum absolute atomic E-state index is 0.207. The maximum absolute atomic E-state index is 12.4.